The molecule has 23 heavy (non-hydrogen) atoms. The lowest BCUT2D eigenvalue weighted by Gasteiger charge is -2.17. The van der Waals surface area contributed by atoms with Crippen molar-refractivity contribution in [2.45, 2.75) is 0 Å². The number of ether oxygens (including phenoxy) is 2. The van der Waals surface area contributed by atoms with E-state index in [1.54, 1.807) is 19.1 Å². The maximum atomic E-state index is 12.1. The van der Waals surface area contributed by atoms with E-state index in [1.807, 2.05) is 54.6 Å². The molecule has 5 heteroatoms. The van der Waals surface area contributed by atoms with Crippen LogP contribution < -0.4 is 19.7 Å². The Bertz CT molecular complexity index is 599. The Morgan fingerprint density at radius 2 is 1.70 bits per heavy atom. The van der Waals surface area contributed by atoms with Crippen LogP contribution >= 0.6 is 0 Å². The third-order valence-electron chi connectivity index (χ3n) is 3.40. The molecule has 2 aromatic carbocycles. The van der Waals surface area contributed by atoms with Gasteiger partial charge in [-0.2, -0.15) is 0 Å². The molecular formula is C18H22N2O3. The van der Waals surface area contributed by atoms with Crippen LogP contribution in [0.3, 0.4) is 0 Å². The number of likely N-dealkylation sites (N-methyl/N-ethyl adjacent to an activating group) is 1. The maximum absolute atomic E-state index is 12.1. The van der Waals surface area contributed by atoms with Crippen molar-refractivity contribution in [3.05, 3.63) is 54.6 Å². The van der Waals surface area contributed by atoms with E-state index in [4.69, 9.17) is 9.47 Å². The van der Waals surface area contributed by atoms with E-state index in [1.165, 1.54) is 0 Å². The van der Waals surface area contributed by atoms with Crippen LogP contribution in [0.25, 0.3) is 0 Å². The van der Waals surface area contributed by atoms with Gasteiger partial charge in [-0.15, -0.1) is 0 Å². The van der Waals surface area contributed by atoms with Gasteiger partial charge < -0.3 is 19.7 Å². The minimum atomic E-state index is 0.0145. The molecule has 0 bridgehead atoms. The second-order valence-corrected chi connectivity index (χ2v) is 4.99. The molecule has 0 unspecified atom stereocenters. The summed E-state index contributed by atoms with van der Waals surface area (Å²) < 4.78 is 10.7. The molecule has 122 valence electrons. The van der Waals surface area contributed by atoms with Gasteiger partial charge in [-0.25, -0.2) is 0 Å². The minimum absolute atomic E-state index is 0.0145. The number of nitrogens with zero attached hydrogens (tertiary/aromatic N) is 1. The molecule has 0 aromatic heterocycles. The van der Waals surface area contributed by atoms with Gasteiger partial charge in [-0.1, -0.05) is 18.2 Å². The molecule has 0 aliphatic heterocycles. The van der Waals surface area contributed by atoms with Gasteiger partial charge in [0.2, 0.25) is 5.91 Å². The molecule has 5 nitrogen and oxygen atoms in total. The first-order valence-corrected chi connectivity index (χ1v) is 7.50. The van der Waals surface area contributed by atoms with Crippen molar-refractivity contribution in [1.29, 1.82) is 0 Å². The summed E-state index contributed by atoms with van der Waals surface area (Å²) in [5, 5.41) is 3.09. The van der Waals surface area contributed by atoms with Gasteiger partial charge in [0.1, 0.15) is 18.1 Å². The van der Waals surface area contributed by atoms with E-state index >= 15 is 0 Å². The van der Waals surface area contributed by atoms with Crippen LogP contribution in [-0.2, 0) is 4.79 Å². The standard InChI is InChI=1S/C18H22N2O3/c1-20(15-6-4-3-5-7-15)18(21)14-19-12-13-23-17-10-8-16(22-2)9-11-17/h3-11,19H,12-14H2,1-2H3. The van der Waals surface area contributed by atoms with Crippen molar-refractivity contribution in [3.63, 3.8) is 0 Å². The molecule has 0 atom stereocenters. The number of benzene rings is 2. The second kappa shape index (κ2) is 8.80. The highest BCUT2D eigenvalue weighted by Crippen LogP contribution is 2.16. The normalized spacial score (nSPS) is 10.2. The van der Waals surface area contributed by atoms with E-state index < -0.39 is 0 Å². The topological polar surface area (TPSA) is 50.8 Å². The molecule has 0 saturated carbocycles. The first-order valence-electron chi connectivity index (χ1n) is 7.50. The van der Waals surface area contributed by atoms with Crippen molar-refractivity contribution in [1.82, 2.24) is 5.32 Å². The minimum Gasteiger partial charge on any atom is -0.497 e. The molecule has 1 amide bonds. The summed E-state index contributed by atoms with van der Waals surface area (Å²) in [6, 6.07) is 17.0. The van der Waals surface area contributed by atoms with Gasteiger partial charge in [-0.3, -0.25) is 4.79 Å². The lowest BCUT2D eigenvalue weighted by molar-refractivity contribution is -0.117. The number of nitrogens with one attached hydrogen (secondary N) is 1. The third-order valence-corrected chi connectivity index (χ3v) is 3.40. The van der Waals surface area contributed by atoms with E-state index in [-0.39, 0.29) is 12.5 Å². The van der Waals surface area contributed by atoms with Gasteiger partial charge in [-0.05, 0) is 36.4 Å². The molecule has 0 heterocycles. The third kappa shape index (κ3) is 5.30. The van der Waals surface area contributed by atoms with E-state index in [9.17, 15) is 4.79 Å². The summed E-state index contributed by atoms with van der Waals surface area (Å²) in [6.07, 6.45) is 0. The predicted octanol–water partition coefficient (Wildman–Crippen LogP) is 2.33. The van der Waals surface area contributed by atoms with Crippen molar-refractivity contribution in [3.8, 4) is 11.5 Å². The van der Waals surface area contributed by atoms with Crippen LogP contribution in [0.15, 0.2) is 54.6 Å². The summed E-state index contributed by atoms with van der Waals surface area (Å²) in [7, 11) is 3.40. The maximum Gasteiger partial charge on any atom is 0.240 e. The zero-order valence-electron chi connectivity index (χ0n) is 13.5. The highest BCUT2D eigenvalue weighted by atomic mass is 16.5. The highest BCUT2D eigenvalue weighted by molar-refractivity contribution is 5.94. The average molecular weight is 314 g/mol. The SMILES string of the molecule is COc1ccc(OCCNCC(=O)N(C)c2ccccc2)cc1. The molecular weight excluding hydrogens is 292 g/mol. The fourth-order valence-corrected chi connectivity index (χ4v) is 2.02. The Morgan fingerprint density at radius 1 is 1.04 bits per heavy atom. The number of amides is 1. The molecule has 0 fully saturated rings. The van der Waals surface area contributed by atoms with E-state index in [2.05, 4.69) is 5.32 Å². The summed E-state index contributed by atoms with van der Waals surface area (Å²) >= 11 is 0. The van der Waals surface area contributed by atoms with Gasteiger partial charge in [0.05, 0.1) is 13.7 Å². The van der Waals surface area contributed by atoms with Gasteiger partial charge >= 0.3 is 0 Å². The van der Waals surface area contributed by atoms with Gasteiger partial charge in [0, 0.05) is 19.3 Å². The molecule has 0 aliphatic rings. The van der Waals surface area contributed by atoms with Crippen molar-refractivity contribution >= 4 is 11.6 Å². The fourth-order valence-electron chi connectivity index (χ4n) is 2.02. The monoisotopic (exact) mass is 314 g/mol. The van der Waals surface area contributed by atoms with Crippen molar-refractivity contribution < 1.29 is 14.3 Å². The van der Waals surface area contributed by atoms with Crippen LogP contribution in [-0.4, -0.2) is 39.8 Å². The van der Waals surface area contributed by atoms with Crippen molar-refractivity contribution in [2.75, 3.05) is 38.8 Å². The Balaban J connectivity index is 1.65. The number of carbonyl (C=O) groups is 1. The molecule has 2 aromatic rings. The number of carbonyl (C=O) groups excluding carboxylic acids is 1. The molecule has 0 radical (unpaired) electrons. The average Bonchev–Trinajstić information content (AvgIpc) is 2.62. The number of hydrogen-bond acceptors (Lipinski definition) is 4. The Morgan fingerprint density at radius 3 is 2.35 bits per heavy atom. The molecule has 1 N–H and O–H groups in total. The zero-order valence-corrected chi connectivity index (χ0v) is 13.5. The zero-order chi connectivity index (χ0) is 16.5. The van der Waals surface area contributed by atoms with Crippen LogP contribution in [0.2, 0.25) is 0 Å². The first-order chi connectivity index (χ1) is 11.2. The number of rotatable bonds is 8. The first kappa shape index (κ1) is 16.8. The summed E-state index contributed by atoms with van der Waals surface area (Å²) in [6.45, 7) is 1.37. The Hall–Kier alpha value is -2.53. The highest BCUT2D eigenvalue weighted by Gasteiger charge is 2.09. The molecule has 0 spiro atoms. The largest absolute Gasteiger partial charge is 0.497 e. The van der Waals surface area contributed by atoms with Crippen LogP contribution in [0.5, 0.6) is 11.5 Å². The number of methoxy groups -OCH3 is 1. The second-order valence-electron chi connectivity index (χ2n) is 4.99. The van der Waals surface area contributed by atoms with Gasteiger partial charge in [0.25, 0.3) is 0 Å². The van der Waals surface area contributed by atoms with Crippen molar-refractivity contribution in [2.24, 2.45) is 0 Å². The van der Waals surface area contributed by atoms with Crippen LogP contribution in [0.1, 0.15) is 0 Å². The van der Waals surface area contributed by atoms with Crippen LogP contribution in [0, 0.1) is 0 Å². The van der Waals surface area contributed by atoms with Gasteiger partial charge in [0.15, 0.2) is 0 Å². The summed E-state index contributed by atoms with van der Waals surface area (Å²) in [5.41, 5.74) is 0.883. The number of para-hydroxylation sites is 1. The Labute approximate surface area is 136 Å². The summed E-state index contributed by atoms with van der Waals surface area (Å²) in [5.74, 6) is 1.59. The van der Waals surface area contributed by atoms with Crippen LogP contribution in [0.4, 0.5) is 5.69 Å². The number of hydrogen-bond donors (Lipinski definition) is 1. The lowest BCUT2D eigenvalue weighted by atomic mass is 10.3. The lowest BCUT2D eigenvalue weighted by Crippen LogP contribution is -2.36. The van der Waals surface area contributed by atoms with E-state index in [0.717, 1.165) is 17.2 Å². The Kier molecular flexibility index (Phi) is 6.44. The molecule has 0 saturated heterocycles. The number of anilines is 1. The smallest absolute Gasteiger partial charge is 0.240 e. The quantitative estimate of drug-likeness (QED) is 0.760. The van der Waals surface area contributed by atoms with E-state index in [0.29, 0.717) is 13.2 Å². The fraction of sp³-hybridized carbons (Fsp3) is 0.278. The predicted molar refractivity (Wildman–Crippen MR) is 91.2 cm³/mol. The molecule has 0 aliphatic carbocycles. The summed E-state index contributed by atoms with van der Waals surface area (Å²) in [4.78, 5) is 13.7. The molecule has 2 rings (SSSR count).